The number of aliphatic hydroxyl groups excluding tert-OH is 1. The van der Waals surface area contributed by atoms with Crippen LogP contribution in [0.5, 0.6) is 5.75 Å². The molecule has 0 radical (unpaired) electrons. The van der Waals surface area contributed by atoms with E-state index in [9.17, 15) is 14.3 Å². The van der Waals surface area contributed by atoms with Gasteiger partial charge in [0, 0.05) is 32.2 Å². The van der Waals surface area contributed by atoms with Gasteiger partial charge in [-0.15, -0.1) is 0 Å². The van der Waals surface area contributed by atoms with Crippen LogP contribution in [0.25, 0.3) is 0 Å². The van der Waals surface area contributed by atoms with E-state index in [4.69, 9.17) is 14.2 Å². The highest BCUT2D eigenvalue weighted by Gasteiger charge is 2.35. The van der Waals surface area contributed by atoms with Crippen molar-refractivity contribution in [1.29, 1.82) is 0 Å². The average molecular weight is 559 g/mol. The molecule has 222 valence electrons. The molecule has 0 bridgehead atoms. The summed E-state index contributed by atoms with van der Waals surface area (Å²) in [5, 5.41) is 17.9. The number of benzene rings is 2. The molecule has 3 rings (SSSR count). The number of hydrogen-bond acceptors (Lipinski definition) is 6. The molecule has 0 heterocycles. The van der Waals surface area contributed by atoms with Crippen LogP contribution in [-0.4, -0.2) is 63.2 Å². The second-order valence-electron chi connectivity index (χ2n) is 11.1. The zero-order valence-corrected chi connectivity index (χ0v) is 24.5. The molecule has 0 unspecified atom stereocenters. The second-order valence-corrected chi connectivity index (χ2v) is 11.1. The molecule has 2 aromatic carbocycles. The van der Waals surface area contributed by atoms with Gasteiger partial charge in [0.1, 0.15) is 18.2 Å². The predicted molar refractivity (Wildman–Crippen MR) is 155 cm³/mol. The number of aliphatic hydroxyl groups is 1. The molecule has 3 N–H and O–H groups in total. The average Bonchev–Trinajstić information content (AvgIpc) is 2.93. The number of halogens is 1. The minimum atomic E-state index is -0.877. The van der Waals surface area contributed by atoms with Crippen LogP contribution in [0.1, 0.15) is 75.5 Å². The fourth-order valence-electron chi connectivity index (χ4n) is 5.44. The summed E-state index contributed by atoms with van der Waals surface area (Å²) < 4.78 is 30.5. The highest BCUT2D eigenvalue weighted by molar-refractivity contribution is 5.73. The first-order valence-corrected chi connectivity index (χ1v) is 14.5. The first-order chi connectivity index (χ1) is 19.2. The third kappa shape index (κ3) is 9.84. The Hall–Kier alpha value is -2.52. The van der Waals surface area contributed by atoms with Gasteiger partial charge in [0.05, 0.1) is 32.0 Å². The van der Waals surface area contributed by atoms with E-state index in [0.717, 1.165) is 25.7 Å². The molecule has 0 aliphatic heterocycles. The van der Waals surface area contributed by atoms with Crippen LogP contribution in [0, 0.1) is 5.82 Å². The molecular formula is C32H47FN2O5. The van der Waals surface area contributed by atoms with E-state index < -0.39 is 18.0 Å². The maximum absolute atomic E-state index is 14.4. The maximum atomic E-state index is 14.4. The molecule has 0 aromatic heterocycles. The van der Waals surface area contributed by atoms with Gasteiger partial charge in [-0.1, -0.05) is 57.4 Å². The lowest BCUT2D eigenvalue weighted by Gasteiger charge is -2.40. The standard InChI is InChI=1S/C32H47FN2O5/c1-23(2)26-9-8-10-27(20-26)32(11-6-5-7-12-32)34-22-31(37)30(35-24(3)36)19-25-17-28(33)21-29(18-25)40-16-15-39-14-13-38-4/h8-10,17-18,20-21,23,30-31,34,37H,5-7,11-16,19,22H2,1-4H3,(H,35,36)/t30-,31-/m0/s1. The van der Waals surface area contributed by atoms with Crippen molar-refractivity contribution in [2.75, 3.05) is 40.1 Å². The van der Waals surface area contributed by atoms with Gasteiger partial charge in [0.15, 0.2) is 0 Å². The summed E-state index contributed by atoms with van der Waals surface area (Å²) in [6.45, 7) is 7.71. The van der Waals surface area contributed by atoms with Crippen LogP contribution >= 0.6 is 0 Å². The molecule has 7 nitrogen and oxygen atoms in total. The van der Waals surface area contributed by atoms with Gasteiger partial charge < -0.3 is 30.0 Å². The number of nitrogens with one attached hydrogen (secondary N) is 2. The van der Waals surface area contributed by atoms with Gasteiger partial charge in [0.25, 0.3) is 0 Å². The molecule has 8 heteroatoms. The quantitative estimate of drug-likeness (QED) is 0.255. The summed E-state index contributed by atoms with van der Waals surface area (Å²) in [6.07, 6.45) is 4.81. The van der Waals surface area contributed by atoms with E-state index in [1.807, 2.05) is 0 Å². The molecule has 1 saturated carbocycles. The van der Waals surface area contributed by atoms with Crippen LogP contribution in [0.2, 0.25) is 0 Å². The molecule has 1 fully saturated rings. The molecule has 2 atom stereocenters. The third-order valence-corrected chi connectivity index (χ3v) is 7.63. The van der Waals surface area contributed by atoms with E-state index in [0.29, 0.717) is 43.6 Å². The Morgan fingerprint density at radius 2 is 1.80 bits per heavy atom. The van der Waals surface area contributed by atoms with Gasteiger partial charge in [-0.2, -0.15) is 0 Å². The van der Waals surface area contributed by atoms with Crippen molar-refractivity contribution in [2.45, 2.75) is 82.9 Å². The fraction of sp³-hybridized carbons (Fsp3) is 0.594. The predicted octanol–water partition coefficient (Wildman–Crippen LogP) is 4.85. The number of ether oxygens (including phenoxy) is 3. The first-order valence-electron chi connectivity index (χ1n) is 14.5. The van der Waals surface area contributed by atoms with Crippen molar-refractivity contribution in [3.05, 3.63) is 65.0 Å². The Morgan fingerprint density at radius 3 is 2.50 bits per heavy atom. The van der Waals surface area contributed by atoms with Crippen LogP contribution in [0.15, 0.2) is 42.5 Å². The smallest absolute Gasteiger partial charge is 0.217 e. The number of rotatable bonds is 16. The highest BCUT2D eigenvalue weighted by atomic mass is 19.1. The van der Waals surface area contributed by atoms with Gasteiger partial charge in [0.2, 0.25) is 5.91 Å². The number of methoxy groups -OCH3 is 1. The third-order valence-electron chi connectivity index (χ3n) is 7.63. The van der Waals surface area contributed by atoms with Gasteiger partial charge in [-0.05, 0) is 54.0 Å². The Morgan fingerprint density at radius 1 is 1.05 bits per heavy atom. The molecular weight excluding hydrogens is 511 g/mol. The largest absolute Gasteiger partial charge is 0.491 e. The SMILES string of the molecule is COCCOCCOc1cc(F)cc(C[C@H](NC(C)=O)[C@@H](O)CNC2(c3cccc(C(C)C)c3)CCCCC2)c1. The zero-order chi connectivity index (χ0) is 29.0. The van der Waals surface area contributed by atoms with Crippen LogP contribution in [-0.2, 0) is 26.2 Å². The zero-order valence-electron chi connectivity index (χ0n) is 24.5. The van der Waals surface area contributed by atoms with E-state index in [1.165, 1.54) is 36.6 Å². The summed E-state index contributed by atoms with van der Waals surface area (Å²) in [5.74, 6) is 0.125. The highest BCUT2D eigenvalue weighted by Crippen LogP contribution is 2.38. The number of amides is 1. The van der Waals surface area contributed by atoms with Crippen molar-refractivity contribution in [2.24, 2.45) is 0 Å². The number of carbonyl (C=O) groups is 1. The molecule has 2 aromatic rings. The van der Waals surface area contributed by atoms with Gasteiger partial charge in [-0.25, -0.2) is 4.39 Å². The van der Waals surface area contributed by atoms with Crippen molar-refractivity contribution in [3.8, 4) is 5.75 Å². The normalized spacial score (nSPS) is 16.5. The monoisotopic (exact) mass is 558 g/mol. The first kappa shape index (κ1) is 32.0. The van der Waals surface area contributed by atoms with E-state index in [2.05, 4.69) is 48.7 Å². The summed E-state index contributed by atoms with van der Waals surface area (Å²) in [6, 6.07) is 12.6. The molecule has 40 heavy (non-hydrogen) atoms. The van der Waals surface area contributed by atoms with Crippen molar-refractivity contribution < 1.29 is 28.5 Å². The van der Waals surface area contributed by atoms with Crippen molar-refractivity contribution in [3.63, 3.8) is 0 Å². The van der Waals surface area contributed by atoms with E-state index in [1.54, 1.807) is 13.2 Å². The minimum absolute atomic E-state index is 0.226. The Balaban J connectivity index is 1.69. The Labute approximate surface area is 238 Å². The summed E-state index contributed by atoms with van der Waals surface area (Å²) >= 11 is 0. The van der Waals surface area contributed by atoms with Gasteiger partial charge >= 0.3 is 0 Å². The summed E-state index contributed by atoms with van der Waals surface area (Å²) in [7, 11) is 1.61. The summed E-state index contributed by atoms with van der Waals surface area (Å²) in [4.78, 5) is 12.1. The van der Waals surface area contributed by atoms with Gasteiger partial charge in [-0.3, -0.25) is 4.79 Å². The molecule has 0 saturated heterocycles. The number of hydrogen-bond donors (Lipinski definition) is 3. The Kier molecular flexibility index (Phi) is 12.8. The lowest BCUT2D eigenvalue weighted by Crippen LogP contribution is -2.53. The molecule has 0 spiro atoms. The molecule has 1 aliphatic rings. The molecule has 1 amide bonds. The minimum Gasteiger partial charge on any atom is -0.491 e. The second kappa shape index (κ2) is 16.1. The Bertz CT molecular complexity index is 1060. The lowest BCUT2D eigenvalue weighted by molar-refractivity contribution is -0.120. The van der Waals surface area contributed by atoms with Crippen molar-refractivity contribution >= 4 is 5.91 Å². The lowest BCUT2D eigenvalue weighted by atomic mass is 9.75. The van der Waals surface area contributed by atoms with Crippen LogP contribution in [0.3, 0.4) is 0 Å². The van der Waals surface area contributed by atoms with E-state index >= 15 is 0 Å². The summed E-state index contributed by atoms with van der Waals surface area (Å²) in [5.41, 5.74) is 2.95. The number of carbonyl (C=O) groups excluding carboxylic acids is 1. The fourth-order valence-corrected chi connectivity index (χ4v) is 5.44. The van der Waals surface area contributed by atoms with Crippen LogP contribution in [0.4, 0.5) is 4.39 Å². The maximum Gasteiger partial charge on any atom is 0.217 e. The van der Waals surface area contributed by atoms with E-state index in [-0.39, 0.29) is 24.5 Å². The topological polar surface area (TPSA) is 89.0 Å². The molecule has 1 aliphatic carbocycles. The van der Waals surface area contributed by atoms with Crippen molar-refractivity contribution in [1.82, 2.24) is 10.6 Å². The van der Waals surface area contributed by atoms with Crippen LogP contribution < -0.4 is 15.4 Å².